The van der Waals surface area contributed by atoms with Gasteiger partial charge in [0.15, 0.2) is 0 Å². The molecule has 2 fully saturated rings. The topological polar surface area (TPSA) is 72.1 Å². The van der Waals surface area contributed by atoms with Crippen LogP contribution in [-0.4, -0.2) is 27.3 Å². The Bertz CT molecular complexity index is 835. The Labute approximate surface area is 158 Å². The van der Waals surface area contributed by atoms with Gasteiger partial charge in [-0.2, -0.15) is 0 Å². The van der Waals surface area contributed by atoms with Gasteiger partial charge in [0, 0.05) is 24.2 Å². The monoisotopic (exact) mass is 368 g/mol. The van der Waals surface area contributed by atoms with Gasteiger partial charge in [-0.15, -0.1) is 0 Å². The molecule has 1 saturated carbocycles. The first-order chi connectivity index (χ1) is 13.1. The summed E-state index contributed by atoms with van der Waals surface area (Å²) in [5.41, 5.74) is 8.08. The molecule has 0 radical (unpaired) electrons. The smallest absolute Gasteiger partial charge is 0.226 e. The van der Waals surface area contributed by atoms with Crippen LogP contribution in [0.1, 0.15) is 56.7 Å². The molecular weight excluding hydrogens is 343 g/mol. The SMILES string of the molecule is Nc1ncc(-c2cccc(F)c2)c(C2CCCCN2C(=O)C2CCCC2)n1. The van der Waals surface area contributed by atoms with Crippen LogP contribution in [0.15, 0.2) is 30.5 Å². The van der Waals surface area contributed by atoms with Crippen LogP contribution in [0.4, 0.5) is 10.3 Å². The van der Waals surface area contributed by atoms with Gasteiger partial charge in [0.2, 0.25) is 11.9 Å². The van der Waals surface area contributed by atoms with Crippen molar-refractivity contribution in [1.29, 1.82) is 0 Å². The molecule has 4 rings (SSSR count). The first-order valence-corrected chi connectivity index (χ1v) is 9.82. The molecule has 142 valence electrons. The van der Waals surface area contributed by atoms with Crippen LogP contribution in [0, 0.1) is 11.7 Å². The second-order valence-corrected chi connectivity index (χ2v) is 7.56. The van der Waals surface area contributed by atoms with Crippen molar-refractivity contribution in [3.05, 3.63) is 42.0 Å². The van der Waals surface area contributed by atoms with E-state index in [4.69, 9.17) is 5.73 Å². The van der Waals surface area contributed by atoms with Gasteiger partial charge in [0.1, 0.15) is 5.82 Å². The van der Waals surface area contributed by atoms with Crippen LogP contribution in [0.3, 0.4) is 0 Å². The molecule has 1 aliphatic carbocycles. The van der Waals surface area contributed by atoms with E-state index < -0.39 is 0 Å². The lowest BCUT2D eigenvalue weighted by atomic mass is 9.92. The van der Waals surface area contributed by atoms with Gasteiger partial charge < -0.3 is 10.6 Å². The molecule has 1 aliphatic heterocycles. The normalized spacial score (nSPS) is 20.8. The number of likely N-dealkylation sites (tertiary alicyclic amines) is 1. The van der Waals surface area contributed by atoms with Crippen molar-refractivity contribution in [2.75, 3.05) is 12.3 Å². The molecule has 1 atom stereocenters. The van der Waals surface area contributed by atoms with Crippen molar-refractivity contribution in [1.82, 2.24) is 14.9 Å². The van der Waals surface area contributed by atoms with Gasteiger partial charge in [-0.3, -0.25) is 4.79 Å². The van der Waals surface area contributed by atoms with E-state index in [-0.39, 0.29) is 29.6 Å². The third kappa shape index (κ3) is 3.66. The van der Waals surface area contributed by atoms with E-state index in [2.05, 4.69) is 9.97 Å². The number of aromatic nitrogens is 2. The third-order valence-corrected chi connectivity index (χ3v) is 5.78. The Hall–Kier alpha value is -2.50. The summed E-state index contributed by atoms with van der Waals surface area (Å²) in [5, 5.41) is 0. The number of halogens is 1. The van der Waals surface area contributed by atoms with Crippen molar-refractivity contribution in [3.63, 3.8) is 0 Å². The third-order valence-electron chi connectivity index (χ3n) is 5.78. The minimum Gasteiger partial charge on any atom is -0.368 e. The first-order valence-electron chi connectivity index (χ1n) is 9.82. The fourth-order valence-electron chi connectivity index (χ4n) is 4.43. The number of carbonyl (C=O) groups is 1. The highest BCUT2D eigenvalue weighted by Crippen LogP contribution is 2.38. The summed E-state index contributed by atoms with van der Waals surface area (Å²) < 4.78 is 13.8. The van der Waals surface area contributed by atoms with E-state index in [1.165, 1.54) is 12.1 Å². The summed E-state index contributed by atoms with van der Waals surface area (Å²) in [4.78, 5) is 23.8. The molecule has 0 bridgehead atoms. The average molecular weight is 368 g/mol. The van der Waals surface area contributed by atoms with Crippen LogP contribution in [-0.2, 0) is 4.79 Å². The fourth-order valence-corrected chi connectivity index (χ4v) is 4.43. The van der Waals surface area contributed by atoms with E-state index >= 15 is 0 Å². The maximum Gasteiger partial charge on any atom is 0.226 e. The summed E-state index contributed by atoms with van der Waals surface area (Å²) in [6.45, 7) is 0.743. The van der Waals surface area contributed by atoms with Crippen LogP contribution in [0.5, 0.6) is 0 Å². The molecule has 2 N–H and O–H groups in total. The molecule has 27 heavy (non-hydrogen) atoms. The number of hydrogen-bond donors (Lipinski definition) is 1. The quantitative estimate of drug-likeness (QED) is 0.885. The summed E-state index contributed by atoms with van der Waals surface area (Å²) in [6.07, 6.45) is 8.75. The van der Waals surface area contributed by atoms with E-state index in [1.54, 1.807) is 12.3 Å². The Kier molecular flexibility index (Phi) is 5.05. The van der Waals surface area contributed by atoms with Crippen LogP contribution in [0.2, 0.25) is 0 Å². The fraction of sp³-hybridized carbons (Fsp3) is 0.476. The minimum absolute atomic E-state index is 0.127. The molecule has 0 spiro atoms. The van der Waals surface area contributed by atoms with Gasteiger partial charge in [-0.25, -0.2) is 14.4 Å². The van der Waals surface area contributed by atoms with Gasteiger partial charge in [0.25, 0.3) is 0 Å². The van der Waals surface area contributed by atoms with E-state index in [9.17, 15) is 9.18 Å². The molecule has 5 nitrogen and oxygen atoms in total. The first kappa shape index (κ1) is 17.9. The molecule has 1 saturated heterocycles. The number of amides is 1. The number of nitrogens with zero attached hydrogens (tertiary/aromatic N) is 3. The summed E-state index contributed by atoms with van der Waals surface area (Å²) in [6, 6.07) is 6.28. The van der Waals surface area contributed by atoms with Gasteiger partial charge in [-0.05, 0) is 49.8 Å². The van der Waals surface area contributed by atoms with Crippen molar-refractivity contribution >= 4 is 11.9 Å². The molecule has 6 heteroatoms. The van der Waals surface area contributed by atoms with Crippen LogP contribution >= 0.6 is 0 Å². The lowest BCUT2D eigenvalue weighted by Crippen LogP contribution is -2.42. The van der Waals surface area contributed by atoms with E-state index in [0.29, 0.717) is 5.56 Å². The molecular formula is C21H25FN4O. The Balaban J connectivity index is 1.73. The number of nitrogens with two attached hydrogens (primary N) is 1. The Morgan fingerprint density at radius 1 is 1.15 bits per heavy atom. The highest BCUT2D eigenvalue weighted by molar-refractivity contribution is 5.80. The largest absolute Gasteiger partial charge is 0.368 e. The predicted molar refractivity (Wildman–Crippen MR) is 102 cm³/mol. The number of piperidine rings is 1. The number of hydrogen-bond acceptors (Lipinski definition) is 4. The van der Waals surface area contributed by atoms with E-state index in [1.807, 2.05) is 11.0 Å². The Morgan fingerprint density at radius 2 is 1.93 bits per heavy atom. The van der Waals surface area contributed by atoms with Crippen molar-refractivity contribution in [2.45, 2.75) is 51.0 Å². The standard InChI is InChI=1S/C21H25FN4O/c22-16-9-5-8-15(12-16)17-13-24-21(23)25-19(17)18-10-3-4-11-26(18)20(27)14-6-1-2-7-14/h5,8-9,12-14,18H,1-4,6-7,10-11H2,(H2,23,24,25). The minimum atomic E-state index is -0.308. The van der Waals surface area contributed by atoms with Crippen LogP contribution in [0.25, 0.3) is 11.1 Å². The number of carbonyl (C=O) groups excluding carboxylic acids is 1. The second-order valence-electron chi connectivity index (χ2n) is 7.56. The van der Waals surface area contributed by atoms with E-state index in [0.717, 1.165) is 62.7 Å². The summed E-state index contributed by atoms with van der Waals surface area (Å²) >= 11 is 0. The zero-order chi connectivity index (χ0) is 18.8. The van der Waals surface area contributed by atoms with Gasteiger partial charge in [0.05, 0.1) is 11.7 Å². The van der Waals surface area contributed by atoms with Crippen LogP contribution < -0.4 is 5.73 Å². The molecule has 1 amide bonds. The molecule has 2 aromatic rings. The zero-order valence-electron chi connectivity index (χ0n) is 15.4. The highest BCUT2D eigenvalue weighted by atomic mass is 19.1. The van der Waals surface area contributed by atoms with Gasteiger partial charge in [-0.1, -0.05) is 25.0 Å². The molecule has 1 aromatic carbocycles. The molecule has 2 heterocycles. The lowest BCUT2D eigenvalue weighted by molar-refractivity contribution is -0.139. The van der Waals surface area contributed by atoms with Crippen molar-refractivity contribution in [3.8, 4) is 11.1 Å². The number of nitrogen functional groups attached to an aromatic ring is 1. The molecule has 1 unspecified atom stereocenters. The average Bonchev–Trinajstić information content (AvgIpc) is 3.22. The maximum absolute atomic E-state index is 13.8. The summed E-state index contributed by atoms with van der Waals surface area (Å²) in [5.74, 6) is 0.240. The number of rotatable bonds is 3. The zero-order valence-corrected chi connectivity index (χ0v) is 15.4. The highest BCUT2D eigenvalue weighted by Gasteiger charge is 2.35. The number of anilines is 1. The second kappa shape index (κ2) is 7.62. The lowest BCUT2D eigenvalue weighted by Gasteiger charge is -2.37. The summed E-state index contributed by atoms with van der Waals surface area (Å²) in [7, 11) is 0. The Morgan fingerprint density at radius 3 is 2.70 bits per heavy atom. The van der Waals surface area contributed by atoms with Crippen molar-refractivity contribution < 1.29 is 9.18 Å². The van der Waals surface area contributed by atoms with Crippen molar-refractivity contribution in [2.24, 2.45) is 5.92 Å². The maximum atomic E-state index is 13.8. The van der Waals surface area contributed by atoms with Gasteiger partial charge >= 0.3 is 0 Å². The predicted octanol–water partition coefficient (Wildman–Crippen LogP) is 4.11. The molecule has 2 aliphatic rings. The molecule has 1 aromatic heterocycles. The number of benzene rings is 1.